The molecule has 0 bridgehead atoms. The van der Waals surface area contributed by atoms with E-state index in [9.17, 15) is 0 Å². The van der Waals surface area contributed by atoms with Gasteiger partial charge in [0.2, 0.25) is 0 Å². The maximum absolute atomic E-state index is 4.90. The van der Waals surface area contributed by atoms with Crippen molar-refractivity contribution in [1.82, 2.24) is 14.5 Å². The Hall–Kier alpha value is -1.03. The van der Waals surface area contributed by atoms with Gasteiger partial charge in [0.15, 0.2) is 5.65 Å². The number of imidazole rings is 1. The maximum atomic E-state index is 4.90. The Kier molecular flexibility index (Phi) is 3.42. The quantitative estimate of drug-likeness (QED) is 0.859. The van der Waals surface area contributed by atoms with Gasteiger partial charge in [-0.15, -0.1) is 0 Å². The van der Waals surface area contributed by atoms with E-state index in [-0.39, 0.29) is 0 Å². The lowest BCUT2D eigenvalue weighted by Crippen LogP contribution is -2.22. The Morgan fingerprint density at radius 3 is 2.95 bits per heavy atom. The molecule has 2 aromatic rings. The minimum absolute atomic E-state index is 0.654. The average Bonchev–Trinajstić information content (AvgIpc) is 2.77. The summed E-state index contributed by atoms with van der Waals surface area (Å²) in [6, 6.07) is 4.76. The number of hydrogen-bond acceptors (Lipinski definition) is 3. The van der Waals surface area contributed by atoms with Crippen LogP contribution >= 0.6 is 11.8 Å². The SMILES string of the molecule is c1cnc2c(c1)nc(CC1CCCSC1)n2C1CCC1. The number of pyridine rings is 1. The van der Waals surface area contributed by atoms with Crippen molar-refractivity contribution >= 4 is 22.9 Å². The molecule has 1 saturated heterocycles. The summed E-state index contributed by atoms with van der Waals surface area (Å²) >= 11 is 2.11. The lowest BCUT2D eigenvalue weighted by Gasteiger charge is -2.30. The summed E-state index contributed by atoms with van der Waals surface area (Å²) < 4.78 is 2.46. The molecule has 4 heteroatoms. The number of aromatic nitrogens is 3. The van der Waals surface area contributed by atoms with Gasteiger partial charge in [-0.2, -0.15) is 11.8 Å². The van der Waals surface area contributed by atoms with Crippen LogP contribution in [-0.4, -0.2) is 26.0 Å². The van der Waals surface area contributed by atoms with Crippen LogP contribution in [0.4, 0.5) is 0 Å². The smallest absolute Gasteiger partial charge is 0.160 e. The summed E-state index contributed by atoms with van der Waals surface area (Å²) in [4.78, 5) is 9.49. The highest BCUT2D eigenvalue weighted by Crippen LogP contribution is 2.36. The number of nitrogens with zero attached hydrogens (tertiary/aromatic N) is 3. The first-order chi connectivity index (χ1) is 9.92. The average molecular weight is 287 g/mol. The Morgan fingerprint density at radius 2 is 2.20 bits per heavy atom. The molecule has 4 rings (SSSR count). The highest BCUT2D eigenvalue weighted by atomic mass is 32.2. The van der Waals surface area contributed by atoms with Crippen LogP contribution in [0, 0.1) is 5.92 Å². The lowest BCUT2D eigenvalue weighted by molar-refractivity contribution is 0.307. The topological polar surface area (TPSA) is 30.7 Å². The van der Waals surface area contributed by atoms with Crippen LogP contribution in [0.15, 0.2) is 18.3 Å². The predicted octanol–water partition coefficient (Wildman–Crippen LogP) is 3.84. The molecule has 1 saturated carbocycles. The molecular weight excluding hydrogens is 266 g/mol. The molecule has 0 N–H and O–H groups in total. The Balaban J connectivity index is 1.69. The van der Waals surface area contributed by atoms with E-state index in [1.54, 1.807) is 0 Å². The predicted molar refractivity (Wildman–Crippen MR) is 84.2 cm³/mol. The van der Waals surface area contributed by atoms with Gasteiger partial charge in [-0.1, -0.05) is 0 Å². The molecule has 0 aromatic carbocycles. The first-order valence-corrected chi connectivity index (χ1v) is 8.97. The zero-order chi connectivity index (χ0) is 13.4. The Morgan fingerprint density at radius 1 is 1.25 bits per heavy atom. The number of thioether (sulfide) groups is 1. The standard InChI is InChI=1S/C16H21N3S/c1-5-13(6-1)19-15(10-12-4-3-9-20-11-12)18-14-7-2-8-17-16(14)19/h2,7-8,12-13H,1,3-6,9-11H2. The second kappa shape index (κ2) is 5.40. The molecule has 106 valence electrons. The second-order valence-corrected chi connectivity index (χ2v) is 7.27. The van der Waals surface area contributed by atoms with E-state index in [1.807, 2.05) is 12.3 Å². The molecule has 1 unspecified atom stereocenters. The van der Waals surface area contributed by atoms with Gasteiger partial charge < -0.3 is 4.57 Å². The molecule has 2 fully saturated rings. The van der Waals surface area contributed by atoms with E-state index in [2.05, 4.69) is 27.4 Å². The highest BCUT2D eigenvalue weighted by molar-refractivity contribution is 7.99. The molecule has 1 aliphatic carbocycles. The third kappa shape index (κ3) is 2.24. The van der Waals surface area contributed by atoms with Crippen molar-refractivity contribution in [3.05, 3.63) is 24.2 Å². The van der Waals surface area contributed by atoms with Crippen LogP contribution in [-0.2, 0) is 6.42 Å². The van der Waals surface area contributed by atoms with Gasteiger partial charge in [0.05, 0.1) is 0 Å². The van der Waals surface area contributed by atoms with Gasteiger partial charge in [-0.3, -0.25) is 0 Å². The van der Waals surface area contributed by atoms with E-state index < -0.39 is 0 Å². The fourth-order valence-corrected chi connectivity index (χ4v) is 4.53. The molecule has 3 heterocycles. The summed E-state index contributed by atoms with van der Waals surface area (Å²) in [5.41, 5.74) is 2.19. The monoisotopic (exact) mass is 287 g/mol. The number of rotatable bonds is 3. The third-order valence-corrected chi connectivity index (χ3v) is 5.97. The minimum atomic E-state index is 0.654. The number of fused-ring (bicyclic) bond motifs is 1. The van der Waals surface area contributed by atoms with E-state index in [0.717, 1.165) is 23.5 Å². The van der Waals surface area contributed by atoms with Gasteiger partial charge in [-0.25, -0.2) is 9.97 Å². The van der Waals surface area contributed by atoms with Crippen LogP contribution in [0.5, 0.6) is 0 Å². The molecule has 0 radical (unpaired) electrons. The van der Waals surface area contributed by atoms with E-state index in [1.165, 1.54) is 49.4 Å². The summed E-state index contributed by atoms with van der Waals surface area (Å²) in [7, 11) is 0. The molecule has 1 atom stereocenters. The van der Waals surface area contributed by atoms with Crippen LogP contribution in [0.2, 0.25) is 0 Å². The van der Waals surface area contributed by atoms with E-state index in [4.69, 9.17) is 4.98 Å². The summed E-state index contributed by atoms with van der Waals surface area (Å²) in [5, 5.41) is 0. The third-order valence-electron chi connectivity index (χ3n) is 4.69. The second-order valence-electron chi connectivity index (χ2n) is 6.12. The van der Waals surface area contributed by atoms with Gasteiger partial charge in [0, 0.05) is 18.7 Å². The van der Waals surface area contributed by atoms with Crippen molar-refractivity contribution in [1.29, 1.82) is 0 Å². The maximum Gasteiger partial charge on any atom is 0.160 e. The van der Waals surface area contributed by atoms with Crippen molar-refractivity contribution < 1.29 is 0 Å². The summed E-state index contributed by atoms with van der Waals surface area (Å²) in [6.07, 6.45) is 9.74. The fourth-order valence-electron chi connectivity index (χ4n) is 3.38. The minimum Gasteiger partial charge on any atom is -0.310 e. The van der Waals surface area contributed by atoms with E-state index in [0.29, 0.717) is 6.04 Å². The Labute approximate surface area is 124 Å². The zero-order valence-corrected chi connectivity index (χ0v) is 12.6. The summed E-state index contributed by atoms with van der Waals surface area (Å²) in [6.45, 7) is 0. The molecule has 0 spiro atoms. The summed E-state index contributed by atoms with van der Waals surface area (Å²) in [5.74, 6) is 4.75. The lowest BCUT2D eigenvalue weighted by atomic mass is 9.92. The number of hydrogen-bond donors (Lipinski definition) is 0. The van der Waals surface area contributed by atoms with E-state index >= 15 is 0 Å². The van der Waals surface area contributed by atoms with Crippen LogP contribution in [0.25, 0.3) is 11.2 Å². The van der Waals surface area contributed by atoms with Crippen LogP contribution in [0.1, 0.15) is 44.0 Å². The molecule has 1 aliphatic heterocycles. The largest absolute Gasteiger partial charge is 0.310 e. The molecule has 2 aromatic heterocycles. The van der Waals surface area contributed by atoms with Crippen molar-refractivity contribution in [2.75, 3.05) is 11.5 Å². The molecule has 2 aliphatic rings. The van der Waals surface area contributed by atoms with Crippen molar-refractivity contribution in [2.24, 2.45) is 5.92 Å². The van der Waals surface area contributed by atoms with Crippen molar-refractivity contribution in [3.63, 3.8) is 0 Å². The Bertz CT molecular complexity index is 597. The zero-order valence-electron chi connectivity index (χ0n) is 11.8. The molecule has 20 heavy (non-hydrogen) atoms. The first-order valence-electron chi connectivity index (χ1n) is 7.81. The molecular formula is C16H21N3S. The highest BCUT2D eigenvalue weighted by Gasteiger charge is 2.26. The molecule has 0 amide bonds. The van der Waals surface area contributed by atoms with Crippen molar-refractivity contribution in [2.45, 2.75) is 44.6 Å². The van der Waals surface area contributed by atoms with Gasteiger partial charge >= 0.3 is 0 Å². The van der Waals surface area contributed by atoms with Crippen LogP contribution < -0.4 is 0 Å². The normalized spacial score (nSPS) is 23.9. The van der Waals surface area contributed by atoms with Crippen LogP contribution in [0.3, 0.4) is 0 Å². The van der Waals surface area contributed by atoms with Gasteiger partial charge in [0.1, 0.15) is 11.3 Å². The van der Waals surface area contributed by atoms with Crippen molar-refractivity contribution in [3.8, 4) is 0 Å². The van der Waals surface area contributed by atoms with Gasteiger partial charge in [-0.05, 0) is 61.7 Å². The first kappa shape index (κ1) is 12.7. The fraction of sp³-hybridized carbons (Fsp3) is 0.625. The van der Waals surface area contributed by atoms with Gasteiger partial charge in [0.25, 0.3) is 0 Å². The molecule has 3 nitrogen and oxygen atoms in total.